The largest absolute Gasteiger partial charge is 0.495 e. The van der Waals surface area contributed by atoms with Crippen LogP contribution in [-0.4, -0.2) is 26.0 Å². The van der Waals surface area contributed by atoms with Crippen LogP contribution in [0.25, 0.3) is 11.3 Å². The summed E-state index contributed by atoms with van der Waals surface area (Å²) in [7, 11) is 1.55. The molecule has 0 radical (unpaired) electrons. The maximum absolute atomic E-state index is 11.1. The van der Waals surface area contributed by atoms with Crippen LogP contribution in [0.2, 0.25) is 5.02 Å². The molecule has 1 N–H and O–H groups in total. The molecular formula is C15H15ClN2O4. The summed E-state index contributed by atoms with van der Waals surface area (Å²) in [4.78, 5) is 11.1. The number of furan rings is 1. The minimum Gasteiger partial charge on any atom is -0.495 e. The number of amides is 1. The Hall–Kier alpha value is -2.47. The van der Waals surface area contributed by atoms with E-state index in [1.807, 2.05) is 6.07 Å². The molecule has 0 aliphatic rings. The summed E-state index contributed by atoms with van der Waals surface area (Å²) in [6.07, 6.45) is 0.762. The van der Waals surface area contributed by atoms with E-state index in [1.165, 1.54) is 6.21 Å². The van der Waals surface area contributed by atoms with E-state index in [-0.39, 0.29) is 6.61 Å². The molecule has 1 heterocycles. The Morgan fingerprint density at radius 3 is 2.91 bits per heavy atom. The first-order chi connectivity index (χ1) is 10.6. The lowest BCUT2D eigenvalue weighted by Crippen LogP contribution is -2.18. The summed E-state index contributed by atoms with van der Waals surface area (Å²) < 4.78 is 15.4. The van der Waals surface area contributed by atoms with Crippen molar-refractivity contribution >= 4 is 23.9 Å². The number of halogens is 1. The van der Waals surface area contributed by atoms with E-state index in [9.17, 15) is 4.79 Å². The smallest absolute Gasteiger partial charge is 0.427 e. The monoisotopic (exact) mass is 322 g/mol. The fraction of sp³-hybridized carbons (Fsp3) is 0.200. The highest BCUT2D eigenvalue weighted by molar-refractivity contribution is 6.32. The van der Waals surface area contributed by atoms with Gasteiger partial charge in [0.05, 0.1) is 25.0 Å². The second-order valence-electron chi connectivity index (χ2n) is 4.14. The quantitative estimate of drug-likeness (QED) is 0.673. The van der Waals surface area contributed by atoms with Crippen LogP contribution in [-0.2, 0) is 4.74 Å². The van der Waals surface area contributed by atoms with Crippen LogP contribution in [0.15, 0.2) is 39.9 Å². The Bertz CT molecular complexity index is 682. The Balaban J connectivity index is 2.06. The van der Waals surface area contributed by atoms with Gasteiger partial charge in [-0.3, -0.25) is 0 Å². The maximum Gasteiger partial charge on any atom is 0.427 e. The average Bonchev–Trinajstić information content (AvgIpc) is 2.96. The fourth-order valence-electron chi connectivity index (χ4n) is 1.71. The van der Waals surface area contributed by atoms with E-state index in [2.05, 4.69) is 15.3 Å². The molecule has 0 fully saturated rings. The number of hydrogen-bond donors (Lipinski definition) is 1. The van der Waals surface area contributed by atoms with Crippen LogP contribution < -0.4 is 10.2 Å². The van der Waals surface area contributed by atoms with E-state index < -0.39 is 6.09 Å². The molecule has 116 valence electrons. The minimum absolute atomic E-state index is 0.282. The van der Waals surface area contributed by atoms with Gasteiger partial charge < -0.3 is 13.9 Å². The Morgan fingerprint density at radius 1 is 1.41 bits per heavy atom. The Labute approximate surface area is 132 Å². The fourth-order valence-corrected chi connectivity index (χ4v) is 1.97. The van der Waals surface area contributed by atoms with E-state index >= 15 is 0 Å². The number of rotatable bonds is 5. The lowest BCUT2D eigenvalue weighted by atomic mass is 10.2. The van der Waals surface area contributed by atoms with Gasteiger partial charge in [-0.15, -0.1) is 0 Å². The first kappa shape index (κ1) is 15.9. The molecule has 6 nitrogen and oxygen atoms in total. The van der Waals surface area contributed by atoms with Crippen LogP contribution in [0.4, 0.5) is 4.79 Å². The van der Waals surface area contributed by atoms with Gasteiger partial charge in [0, 0.05) is 5.56 Å². The maximum atomic E-state index is 11.1. The molecule has 0 saturated heterocycles. The van der Waals surface area contributed by atoms with Gasteiger partial charge >= 0.3 is 6.09 Å². The first-order valence-electron chi connectivity index (χ1n) is 6.53. The minimum atomic E-state index is -0.618. The molecule has 0 saturated carbocycles. The Kier molecular flexibility index (Phi) is 5.43. The van der Waals surface area contributed by atoms with Crippen molar-refractivity contribution in [3.63, 3.8) is 0 Å². The predicted octanol–water partition coefficient (Wildman–Crippen LogP) is 3.69. The average molecular weight is 323 g/mol. The van der Waals surface area contributed by atoms with Crippen LogP contribution in [0, 0.1) is 0 Å². The lowest BCUT2D eigenvalue weighted by Gasteiger charge is -2.04. The summed E-state index contributed by atoms with van der Waals surface area (Å²) in [5.41, 5.74) is 3.02. The van der Waals surface area contributed by atoms with Crippen LogP contribution in [0.5, 0.6) is 5.75 Å². The third kappa shape index (κ3) is 4.02. The van der Waals surface area contributed by atoms with E-state index in [0.29, 0.717) is 22.3 Å². The van der Waals surface area contributed by atoms with E-state index in [0.717, 1.165) is 5.56 Å². The highest BCUT2D eigenvalue weighted by atomic mass is 35.5. The molecule has 0 unspecified atom stereocenters. The number of methoxy groups -OCH3 is 1. The van der Waals surface area contributed by atoms with Gasteiger partial charge in [0.25, 0.3) is 0 Å². The predicted molar refractivity (Wildman–Crippen MR) is 83.5 cm³/mol. The summed E-state index contributed by atoms with van der Waals surface area (Å²) in [6.45, 7) is 1.99. The third-order valence-electron chi connectivity index (χ3n) is 2.69. The number of ether oxygens (including phenoxy) is 2. The van der Waals surface area contributed by atoms with Gasteiger partial charge in [-0.25, -0.2) is 10.2 Å². The number of nitrogens with one attached hydrogen (secondary N) is 1. The third-order valence-corrected chi connectivity index (χ3v) is 2.98. The van der Waals surface area contributed by atoms with Crippen LogP contribution in [0.1, 0.15) is 12.7 Å². The van der Waals surface area contributed by atoms with Crippen molar-refractivity contribution in [2.75, 3.05) is 13.7 Å². The van der Waals surface area contributed by atoms with Gasteiger partial charge in [-0.05, 0) is 37.3 Å². The van der Waals surface area contributed by atoms with Gasteiger partial charge in [0.2, 0.25) is 0 Å². The second-order valence-corrected chi connectivity index (χ2v) is 4.55. The summed E-state index contributed by atoms with van der Waals surface area (Å²) in [6, 6.07) is 8.85. The number of carbonyl (C=O) groups is 1. The molecule has 22 heavy (non-hydrogen) atoms. The molecule has 7 heteroatoms. The number of hydrogen-bond acceptors (Lipinski definition) is 5. The first-order valence-corrected chi connectivity index (χ1v) is 6.91. The number of hydrazone groups is 1. The topological polar surface area (TPSA) is 73.1 Å². The van der Waals surface area contributed by atoms with Crippen molar-refractivity contribution < 1.29 is 18.7 Å². The molecule has 1 aromatic carbocycles. The Morgan fingerprint density at radius 2 is 2.23 bits per heavy atom. The SMILES string of the molecule is CCOC(=O)NN=Cc1ccc(-c2ccc(OC)c(Cl)c2)o1. The normalized spacial score (nSPS) is 10.7. The molecule has 2 aromatic rings. The second kappa shape index (κ2) is 7.51. The van der Waals surface area contributed by atoms with Crippen molar-refractivity contribution in [2.45, 2.75) is 6.92 Å². The molecular weight excluding hydrogens is 308 g/mol. The molecule has 1 amide bonds. The molecule has 0 atom stereocenters. The molecule has 2 rings (SSSR count). The summed E-state index contributed by atoms with van der Waals surface area (Å²) in [5.74, 6) is 1.71. The van der Waals surface area contributed by atoms with Crippen molar-refractivity contribution in [3.8, 4) is 17.1 Å². The zero-order valence-electron chi connectivity index (χ0n) is 12.1. The van der Waals surface area contributed by atoms with Crippen molar-refractivity contribution in [2.24, 2.45) is 5.10 Å². The standard InChI is InChI=1S/C15H15ClN2O4/c1-3-21-15(19)18-17-9-11-5-7-13(22-11)10-4-6-14(20-2)12(16)8-10/h4-9H,3H2,1-2H3,(H,18,19). The van der Waals surface area contributed by atoms with Crippen molar-refractivity contribution in [1.29, 1.82) is 0 Å². The van der Waals surface area contributed by atoms with Crippen molar-refractivity contribution in [3.05, 3.63) is 41.1 Å². The molecule has 0 bridgehead atoms. The van der Waals surface area contributed by atoms with Gasteiger partial charge in [-0.2, -0.15) is 5.10 Å². The summed E-state index contributed by atoms with van der Waals surface area (Å²) in [5, 5.41) is 4.22. The van der Waals surface area contributed by atoms with Crippen molar-refractivity contribution in [1.82, 2.24) is 5.43 Å². The van der Waals surface area contributed by atoms with Crippen LogP contribution in [0.3, 0.4) is 0 Å². The molecule has 0 aliphatic heterocycles. The highest BCUT2D eigenvalue weighted by Gasteiger charge is 2.07. The molecule has 1 aromatic heterocycles. The number of nitrogens with zero attached hydrogens (tertiary/aromatic N) is 1. The zero-order chi connectivity index (χ0) is 15.9. The lowest BCUT2D eigenvalue weighted by molar-refractivity contribution is 0.152. The van der Waals surface area contributed by atoms with E-state index in [4.69, 9.17) is 20.8 Å². The number of carbonyl (C=O) groups excluding carboxylic acids is 1. The van der Waals surface area contributed by atoms with Gasteiger partial charge in [-0.1, -0.05) is 11.6 Å². The van der Waals surface area contributed by atoms with E-state index in [1.54, 1.807) is 38.3 Å². The number of benzene rings is 1. The summed E-state index contributed by atoms with van der Waals surface area (Å²) >= 11 is 6.08. The van der Waals surface area contributed by atoms with Gasteiger partial charge in [0.15, 0.2) is 0 Å². The molecule has 0 spiro atoms. The highest BCUT2D eigenvalue weighted by Crippen LogP contribution is 2.30. The van der Waals surface area contributed by atoms with Gasteiger partial charge in [0.1, 0.15) is 17.3 Å². The van der Waals surface area contributed by atoms with Crippen LogP contribution >= 0.6 is 11.6 Å². The zero-order valence-corrected chi connectivity index (χ0v) is 12.9. The molecule has 0 aliphatic carbocycles.